The van der Waals surface area contributed by atoms with Crippen molar-refractivity contribution >= 4 is 18.2 Å². The number of halogens is 1. The highest BCUT2D eigenvalue weighted by molar-refractivity contribution is 5.95. The minimum Gasteiger partial charge on any atom is -0.312 e. The van der Waals surface area contributed by atoms with Gasteiger partial charge in [-0.25, -0.2) is 0 Å². The Hall–Kier alpha value is -0.340. The second kappa shape index (κ2) is 6.21. The topological polar surface area (TPSA) is 29.1 Å². The third-order valence-corrected chi connectivity index (χ3v) is 1.86. The van der Waals surface area contributed by atoms with Crippen LogP contribution in [-0.2, 0) is 4.79 Å². The van der Waals surface area contributed by atoms with E-state index < -0.39 is 0 Å². The summed E-state index contributed by atoms with van der Waals surface area (Å²) in [5, 5.41) is 3.19. The lowest BCUT2D eigenvalue weighted by Gasteiger charge is -2.12. The predicted octanol–water partition coefficient (Wildman–Crippen LogP) is 1.70. The normalized spacial score (nSPS) is 16.2. The fraction of sp³-hybridized carbons (Fsp3) is 0.667. The summed E-state index contributed by atoms with van der Waals surface area (Å²) in [7, 11) is 0. The largest absolute Gasteiger partial charge is 0.312 e. The average molecular weight is 190 g/mol. The number of hydrogen-bond donors (Lipinski definition) is 1. The van der Waals surface area contributed by atoms with Crippen molar-refractivity contribution in [2.24, 2.45) is 0 Å². The van der Waals surface area contributed by atoms with Gasteiger partial charge in [-0.1, -0.05) is 13.0 Å². The molecule has 2 nitrogen and oxygen atoms in total. The first-order valence-corrected chi connectivity index (χ1v) is 4.27. The Balaban J connectivity index is 0.00000121. The van der Waals surface area contributed by atoms with Gasteiger partial charge in [0, 0.05) is 18.5 Å². The van der Waals surface area contributed by atoms with Crippen LogP contribution in [-0.4, -0.2) is 18.9 Å². The van der Waals surface area contributed by atoms with Crippen molar-refractivity contribution < 1.29 is 4.79 Å². The Morgan fingerprint density at radius 3 is 2.92 bits per heavy atom. The summed E-state index contributed by atoms with van der Waals surface area (Å²) in [4.78, 5) is 11.3. The van der Waals surface area contributed by atoms with Crippen molar-refractivity contribution in [2.45, 2.75) is 26.2 Å². The Bertz CT molecular complexity index is 177. The van der Waals surface area contributed by atoms with Crippen LogP contribution in [0.15, 0.2) is 11.6 Å². The first kappa shape index (κ1) is 11.7. The van der Waals surface area contributed by atoms with Crippen molar-refractivity contribution in [1.29, 1.82) is 0 Å². The van der Waals surface area contributed by atoms with Gasteiger partial charge in [-0.15, -0.1) is 12.4 Å². The number of carbonyl (C=O) groups is 1. The Morgan fingerprint density at radius 2 is 2.42 bits per heavy atom. The van der Waals surface area contributed by atoms with Gasteiger partial charge in [0.15, 0.2) is 5.78 Å². The van der Waals surface area contributed by atoms with Crippen LogP contribution >= 0.6 is 12.4 Å². The van der Waals surface area contributed by atoms with Gasteiger partial charge in [-0.2, -0.15) is 0 Å². The zero-order valence-electron chi connectivity index (χ0n) is 7.43. The molecule has 12 heavy (non-hydrogen) atoms. The van der Waals surface area contributed by atoms with E-state index in [0.717, 1.165) is 31.5 Å². The lowest BCUT2D eigenvalue weighted by Crippen LogP contribution is -2.25. The quantitative estimate of drug-likeness (QED) is 0.733. The van der Waals surface area contributed by atoms with Crippen LogP contribution in [0.3, 0.4) is 0 Å². The summed E-state index contributed by atoms with van der Waals surface area (Å²) in [6.07, 6.45) is 4.73. The molecule has 1 aliphatic rings. The molecule has 1 rings (SSSR count). The van der Waals surface area contributed by atoms with Crippen molar-refractivity contribution in [3.05, 3.63) is 11.6 Å². The minimum absolute atomic E-state index is 0. The SMILES string of the molecule is CCCC(=O)C1=CCCNC1.Cl. The van der Waals surface area contributed by atoms with E-state index in [0.29, 0.717) is 12.2 Å². The highest BCUT2D eigenvalue weighted by Gasteiger charge is 2.09. The molecule has 1 N–H and O–H groups in total. The number of nitrogens with one attached hydrogen (secondary N) is 1. The summed E-state index contributed by atoms with van der Waals surface area (Å²) < 4.78 is 0. The van der Waals surface area contributed by atoms with Gasteiger partial charge in [0.1, 0.15) is 0 Å². The summed E-state index contributed by atoms with van der Waals surface area (Å²) in [6.45, 7) is 3.83. The molecule has 0 aromatic carbocycles. The van der Waals surface area contributed by atoms with Crippen LogP contribution in [0.2, 0.25) is 0 Å². The van der Waals surface area contributed by atoms with E-state index in [1.165, 1.54) is 0 Å². The molecule has 0 aromatic rings. The first-order chi connectivity index (χ1) is 5.34. The zero-order valence-corrected chi connectivity index (χ0v) is 8.25. The monoisotopic (exact) mass is 189 g/mol. The average Bonchev–Trinajstić information content (AvgIpc) is 2.07. The van der Waals surface area contributed by atoms with Gasteiger partial charge in [0.2, 0.25) is 0 Å². The van der Waals surface area contributed by atoms with Gasteiger partial charge in [-0.3, -0.25) is 4.79 Å². The molecule has 0 unspecified atom stereocenters. The van der Waals surface area contributed by atoms with Gasteiger partial charge < -0.3 is 5.32 Å². The highest BCUT2D eigenvalue weighted by Crippen LogP contribution is 2.05. The molecular formula is C9H16ClNO. The van der Waals surface area contributed by atoms with Crippen molar-refractivity contribution in [1.82, 2.24) is 5.32 Å². The van der Waals surface area contributed by atoms with E-state index in [2.05, 4.69) is 11.4 Å². The summed E-state index contributed by atoms with van der Waals surface area (Å²) >= 11 is 0. The highest BCUT2D eigenvalue weighted by atomic mass is 35.5. The molecule has 0 radical (unpaired) electrons. The maximum absolute atomic E-state index is 11.3. The third-order valence-electron chi connectivity index (χ3n) is 1.86. The van der Waals surface area contributed by atoms with Crippen LogP contribution in [0.5, 0.6) is 0 Å². The summed E-state index contributed by atoms with van der Waals surface area (Å²) in [5.41, 5.74) is 0.984. The van der Waals surface area contributed by atoms with Crippen LogP contribution in [0.25, 0.3) is 0 Å². The Labute approximate surface area is 79.8 Å². The molecule has 0 aliphatic carbocycles. The lowest BCUT2D eigenvalue weighted by atomic mass is 10.0. The van der Waals surface area contributed by atoms with Crippen LogP contribution in [0.4, 0.5) is 0 Å². The molecule has 1 heterocycles. The van der Waals surface area contributed by atoms with Crippen LogP contribution in [0, 0.1) is 0 Å². The molecule has 70 valence electrons. The summed E-state index contributed by atoms with van der Waals surface area (Å²) in [5.74, 6) is 0.319. The molecule has 0 saturated heterocycles. The van der Waals surface area contributed by atoms with Crippen molar-refractivity contribution in [2.75, 3.05) is 13.1 Å². The maximum Gasteiger partial charge on any atom is 0.159 e. The van der Waals surface area contributed by atoms with E-state index in [1.54, 1.807) is 0 Å². The molecule has 0 spiro atoms. The Morgan fingerprint density at radius 1 is 1.67 bits per heavy atom. The van der Waals surface area contributed by atoms with E-state index >= 15 is 0 Å². The molecule has 1 aliphatic heterocycles. The van der Waals surface area contributed by atoms with Gasteiger partial charge in [0.05, 0.1) is 0 Å². The van der Waals surface area contributed by atoms with Crippen LogP contribution in [0.1, 0.15) is 26.2 Å². The second-order valence-electron chi connectivity index (χ2n) is 2.87. The number of hydrogen-bond acceptors (Lipinski definition) is 2. The third kappa shape index (κ3) is 3.37. The fourth-order valence-corrected chi connectivity index (χ4v) is 1.24. The summed E-state index contributed by atoms with van der Waals surface area (Å²) in [6, 6.07) is 0. The zero-order chi connectivity index (χ0) is 8.10. The molecule has 0 bridgehead atoms. The first-order valence-electron chi connectivity index (χ1n) is 4.27. The molecule has 0 atom stereocenters. The van der Waals surface area contributed by atoms with Gasteiger partial charge >= 0.3 is 0 Å². The van der Waals surface area contributed by atoms with Crippen molar-refractivity contribution in [3.8, 4) is 0 Å². The van der Waals surface area contributed by atoms with Gasteiger partial charge in [0.25, 0.3) is 0 Å². The number of rotatable bonds is 3. The smallest absolute Gasteiger partial charge is 0.159 e. The molecule has 0 fully saturated rings. The number of ketones is 1. The van der Waals surface area contributed by atoms with Gasteiger partial charge in [-0.05, 0) is 19.4 Å². The van der Waals surface area contributed by atoms with Crippen LogP contribution < -0.4 is 5.32 Å². The Kier molecular flexibility index (Phi) is 6.03. The van der Waals surface area contributed by atoms with Crippen molar-refractivity contribution in [3.63, 3.8) is 0 Å². The number of Topliss-reactive ketones (excluding diaryl/α,β-unsaturated/α-hetero) is 1. The van der Waals surface area contributed by atoms with E-state index in [9.17, 15) is 4.79 Å². The van der Waals surface area contributed by atoms with E-state index in [1.807, 2.05) is 6.92 Å². The molecule has 0 amide bonds. The number of carbonyl (C=O) groups excluding carboxylic acids is 1. The van der Waals surface area contributed by atoms with E-state index in [4.69, 9.17) is 0 Å². The molecule has 0 aromatic heterocycles. The standard InChI is InChI=1S/C9H15NO.ClH/c1-2-4-9(11)8-5-3-6-10-7-8;/h5,10H,2-4,6-7H2,1H3;1H. The molecule has 3 heteroatoms. The minimum atomic E-state index is 0. The second-order valence-corrected chi connectivity index (χ2v) is 2.87. The molecule has 0 saturated carbocycles. The van der Waals surface area contributed by atoms with E-state index in [-0.39, 0.29) is 12.4 Å². The fourth-order valence-electron chi connectivity index (χ4n) is 1.24. The predicted molar refractivity (Wildman–Crippen MR) is 52.7 cm³/mol. The lowest BCUT2D eigenvalue weighted by molar-refractivity contribution is -0.115. The molecular weight excluding hydrogens is 174 g/mol. The maximum atomic E-state index is 11.3.